The van der Waals surface area contributed by atoms with Gasteiger partial charge in [0, 0.05) is 29.3 Å². The fourth-order valence-electron chi connectivity index (χ4n) is 3.97. The lowest BCUT2D eigenvalue weighted by molar-refractivity contribution is -0.104. The molecule has 0 saturated heterocycles. The third kappa shape index (κ3) is 3.24. The number of carbonyl (C=O) groups excluding carboxylic acids is 1. The average Bonchev–Trinajstić information content (AvgIpc) is 3.55. The molecule has 1 aliphatic carbocycles. The highest BCUT2D eigenvalue weighted by Crippen LogP contribution is 2.44. The van der Waals surface area contributed by atoms with E-state index in [-0.39, 0.29) is 5.41 Å². The maximum Gasteiger partial charge on any atom is 0.160 e. The van der Waals surface area contributed by atoms with E-state index in [0.29, 0.717) is 0 Å². The van der Waals surface area contributed by atoms with Gasteiger partial charge in [-0.3, -0.25) is 4.79 Å². The summed E-state index contributed by atoms with van der Waals surface area (Å²) in [6, 6.07) is 14.4. The number of benzene rings is 1. The molecule has 1 aromatic carbocycles. The van der Waals surface area contributed by atoms with Crippen molar-refractivity contribution in [2.75, 3.05) is 5.32 Å². The maximum atomic E-state index is 11.0. The second-order valence-corrected chi connectivity index (χ2v) is 8.69. The largest absolute Gasteiger partial charge is 0.338 e. The first-order valence-electron chi connectivity index (χ1n) is 9.60. The van der Waals surface area contributed by atoms with Crippen molar-refractivity contribution in [1.29, 1.82) is 0 Å². The van der Waals surface area contributed by atoms with E-state index in [2.05, 4.69) is 51.1 Å². The first-order valence-corrected chi connectivity index (χ1v) is 11.5. The van der Waals surface area contributed by atoms with Crippen molar-refractivity contribution < 1.29 is 4.79 Å². The predicted molar refractivity (Wildman–Crippen MR) is 126 cm³/mol. The Hall–Kier alpha value is -3.22. The molecule has 6 heteroatoms. The summed E-state index contributed by atoms with van der Waals surface area (Å²) < 4.78 is 1.83. The Balaban J connectivity index is 1.64. The lowest BCUT2D eigenvalue weighted by Crippen LogP contribution is -2.30. The summed E-state index contributed by atoms with van der Waals surface area (Å²) in [4.78, 5) is 11.0. The van der Waals surface area contributed by atoms with Gasteiger partial charge in [-0.2, -0.15) is 22.7 Å². The molecule has 0 unspecified atom stereocenters. The van der Waals surface area contributed by atoms with E-state index in [0.717, 1.165) is 35.5 Å². The summed E-state index contributed by atoms with van der Waals surface area (Å²) in [5.41, 5.74) is 5.41. The van der Waals surface area contributed by atoms with Crippen molar-refractivity contribution in [3.63, 3.8) is 0 Å². The predicted octanol–water partition coefficient (Wildman–Crippen LogP) is 5.97. The number of para-hydroxylation sites is 1. The van der Waals surface area contributed by atoms with Gasteiger partial charge in [0.25, 0.3) is 0 Å². The van der Waals surface area contributed by atoms with E-state index in [1.165, 1.54) is 17.2 Å². The minimum Gasteiger partial charge on any atom is -0.338 e. The highest BCUT2D eigenvalue weighted by molar-refractivity contribution is 7.08. The van der Waals surface area contributed by atoms with Gasteiger partial charge in [-0.05, 0) is 63.0 Å². The van der Waals surface area contributed by atoms with Crippen LogP contribution in [0.15, 0.2) is 76.1 Å². The molecule has 1 aliphatic rings. The van der Waals surface area contributed by atoms with Crippen LogP contribution in [0.25, 0.3) is 12.3 Å². The summed E-state index contributed by atoms with van der Waals surface area (Å²) in [6.07, 6.45) is 9.21. The molecule has 0 spiro atoms. The number of allylic oxidation sites excluding steroid dienone is 2. The van der Waals surface area contributed by atoms with Gasteiger partial charge in [-0.15, -0.1) is 5.10 Å². The van der Waals surface area contributed by atoms with Gasteiger partial charge in [-0.25, -0.2) is 4.68 Å². The molecule has 3 heterocycles. The van der Waals surface area contributed by atoms with E-state index >= 15 is 0 Å². The third-order valence-electron chi connectivity index (χ3n) is 5.45. The van der Waals surface area contributed by atoms with Crippen molar-refractivity contribution in [3.05, 3.63) is 98.5 Å². The Bertz CT molecular complexity index is 1170. The maximum absolute atomic E-state index is 11.0. The zero-order valence-electron chi connectivity index (χ0n) is 16.1. The molecular formula is C24H19N3OS2. The molecule has 0 amide bonds. The second-order valence-electron chi connectivity index (χ2n) is 7.13. The molecule has 0 fully saturated rings. The zero-order chi connectivity index (χ0) is 20.4. The van der Waals surface area contributed by atoms with Crippen molar-refractivity contribution in [2.45, 2.75) is 11.8 Å². The van der Waals surface area contributed by atoms with Crippen LogP contribution in [0.4, 0.5) is 11.5 Å². The second kappa shape index (κ2) is 7.89. The van der Waals surface area contributed by atoms with Crippen LogP contribution in [0, 0.1) is 0 Å². The summed E-state index contributed by atoms with van der Waals surface area (Å²) in [6.45, 7) is 0. The van der Waals surface area contributed by atoms with E-state index < -0.39 is 0 Å². The number of hydrogen-bond acceptors (Lipinski definition) is 5. The third-order valence-corrected chi connectivity index (χ3v) is 6.81. The van der Waals surface area contributed by atoms with Crippen LogP contribution in [0.5, 0.6) is 0 Å². The molecule has 0 radical (unpaired) electrons. The van der Waals surface area contributed by atoms with Crippen molar-refractivity contribution in [1.82, 2.24) is 9.78 Å². The topological polar surface area (TPSA) is 46.9 Å². The molecular weight excluding hydrogens is 410 g/mol. The number of rotatable bonds is 6. The first-order chi connectivity index (χ1) is 14.8. The van der Waals surface area contributed by atoms with Crippen LogP contribution in [-0.4, -0.2) is 16.1 Å². The molecule has 5 rings (SSSR count). The molecule has 0 atom stereocenters. The Morgan fingerprint density at radius 1 is 1.03 bits per heavy atom. The van der Waals surface area contributed by atoms with Crippen molar-refractivity contribution in [2.24, 2.45) is 0 Å². The van der Waals surface area contributed by atoms with Crippen LogP contribution >= 0.6 is 22.7 Å². The number of carbonyl (C=O) groups is 1. The smallest absolute Gasteiger partial charge is 0.160 e. The zero-order valence-corrected chi connectivity index (χ0v) is 17.7. The Morgan fingerprint density at radius 3 is 2.40 bits per heavy atom. The molecule has 0 bridgehead atoms. The van der Waals surface area contributed by atoms with Crippen molar-refractivity contribution in [3.8, 4) is 0 Å². The summed E-state index contributed by atoms with van der Waals surface area (Å²) >= 11 is 3.42. The lowest BCUT2D eigenvalue weighted by atomic mass is 9.70. The van der Waals surface area contributed by atoms with Gasteiger partial charge >= 0.3 is 0 Å². The normalized spacial score (nSPS) is 14.7. The van der Waals surface area contributed by atoms with Gasteiger partial charge in [0.15, 0.2) is 5.82 Å². The van der Waals surface area contributed by atoms with Gasteiger partial charge in [0.2, 0.25) is 0 Å². The summed E-state index contributed by atoms with van der Waals surface area (Å²) in [5, 5.41) is 16.9. The van der Waals surface area contributed by atoms with E-state index in [1.54, 1.807) is 28.9 Å². The first kappa shape index (κ1) is 18.8. The van der Waals surface area contributed by atoms with Crippen LogP contribution in [0.1, 0.15) is 22.4 Å². The monoisotopic (exact) mass is 429 g/mol. The molecule has 30 heavy (non-hydrogen) atoms. The van der Waals surface area contributed by atoms with Crippen LogP contribution in [0.2, 0.25) is 0 Å². The number of nitrogens with zero attached hydrogens (tertiary/aromatic N) is 2. The lowest BCUT2D eigenvalue weighted by Gasteiger charge is -2.33. The average molecular weight is 430 g/mol. The molecule has 4 nitrogen and oxygen atoms in total. The van der Waals surface area contributed by atoms with Gasteiger partial charge in [-0.1, -0.05) is 30.4 Å². The fraction of sp³-hybridized carbons (Fsp3) is 0.0833. The summed E-state index contributed by atoms with van der Waals surface area (Å²) in [7, 11) is 0. The standard InChI is InChI=1S/C24H19N3OS2/c28-12-4-11-27-22-15-24(18-8-13-29-16-18,19-9-14-30-17-19)10-7-21(22)23(26-27)25-20-5-2-1-3-6-20/h1-14,16-17H,15H2,(H,25,26). The van der Waals surface area contributed by atoms with Crippen LogP contribution in [-0.2, 0) is 16.6 Å². The summed E-state index contributed by atoms with van der Waals surface area (Å²) in [5.74, 6) is 0.784. The highest BCUT2D eigenvalue weighted by atomic mass is 32.1. The number of aldehydes is 1. The number of aromatic nitrogens is 2. The molecule has 3 aromatic heterocycles. The highest BCUT2D eigenvalue weighted by Gasteiger charge is 2.38. The van der Waals surface area contributed by atoms with Crippen LogP contribution in [0.3, 0.4) is 0 Å². The van der Waals surface area contributed by atoms with Gasteiger partial charge < -0.3 is 5.32 Å². The fourth-order valence-corrected chi connectivity index (χ4v) is 5.45. The van der Waals surface area contributed by atoms with E-state index in [4.69, 9.17) is 5.10 Å². The number of fused-ring (bicyclic) bond motifs is 1. The number of thiophene rings is 2. The quantitative estimate of drug-likeness (QED) is 0.303. The van der Waals surface area contributed by atoms with Gasteiger partial charge in [0.1, 0.15) is 6.29 Å². The molecule has 1 N–H and O–H groups in total. The SMILES string of the molecule is O=CC=Cn1nc(Nc2ccccc2)c2c1CC(c1ccsc1)(c1ccsc1)C=C2. The molecule has 4 aromatic rings. The Labute approximate surface area is 182 Å². The minimum absolute atomic E-state index is 0.246. The van der Waals surface area contributed by atoms with E-state index in [9.17, 15) is 4.79 Å². The molecule has 0 saturated carbocycles. The molecule has 148 valence electrons. The Kier molecular flexibility index (Phi) is 4.94. The van der Waals surface area contributed by atoms with E-state index in [1.807, 2.05) is 35.0 Å². The van der Waals surface area contributed by atoms with Crippen molar-refractivity contribution >= 4 is 52.7 Å². The van der Waals surface area contributed by atoms with Gasteiger partial charge in [0.05, 0.1) is 5.69 Å². The Morgan fingerprint density at radius 2 is 1.77 bits per heavy atom. The minimum atomic E-state index is -0.246. The number of hydrogen-bond donors (Lipinski definition) is 1. The number of nitrogens with one attached hydrogen (secondary N) is 1. The number of anilines is 2. The molecule has 0 aliphatic heterocycles. The van der Waals surface area contributed by atoms with Crippen LogP contribution < -0.4 is 5.32 Å².